The Morgan fingerprint density at radius 2 is 2.07 bits per heavy atom. The Morgan fingerprint density at radius 1 is 1.40 bits per heavy atom. The van der Waals surface area contributed by atoms with Crippen LogP contribution >= 0.6 is 0 Å². The lowest BCUT2D eigenvalue weighted by atomic mass is 9.67. The molecule has 1 heterocycles. The predicted octanol–water partition coefficient (Wildman–Crippen LogP) is 2.19. The summed E-state index contributed by atoms with van der Waals surface area (Å²) in [5.41, 5.74) is -0.614. The van der Waals surface area contributed by atoms with E-state index in [-0.39, 0.29) is 0 Å². The maximum absolute atomic E-state index is 10.6. The van der Waals surface area contributed by atoms with Crippen LogP contribution in [-0.4, -0.2) is 34.7 Å². The van der Waals surface area contributed by atoms with Crippen molar-refractivity contribution in [2.24, 2.45) is 5.92 Å². The highest BCUT2D eigenvalue weighted by Gasteiger charge is 2.47. The van der Waals surface area contributed by atoms with Crippen molar-refractivity contribution in [2.75, 3.05) is 7.05 Å². The topological polar surface area (TPSA) is 23.5 Å². The third kappa shape index (κ3) is 1.74. The molecule has 0 unspecified atom stereocenters. The summed E-state index contributed by atoms with van der Waals surface area (Å²) in [5.74, 6) is 0.407. The van der Waals surface area contributed by atoms with Crippen LogP contribution in [0.25, 0.3) is 0 Å². The fraction of sp³-hybridized carbons (Fsp3) is 0.846. The van der Waals surface area contributed by atoms with E-state index in [1.165, 1.54) is 19.3 Å². The second-order valence-corrected chi connectivity index (χ2v) is 5.37. The van der Waals surface area contributed by atoms with Gasteiger partial charge in [0.15, 0.2) is 0 Å². The summed E-state index contributed by atoms with van der Waals surface area (Å²) in [6.07, 6.45) is 7.60. The lowest BCUT2D eigenvalue weighted by molar-refractivity contribution is -0.0970. The number of hydrogen-bond acceptors (Lipinski definition) is 2. The van der Waals surface area contributed by atoms with E-state index in [1.54, 1.807) is 6.08 Å². The van der Waals surface area contributed by atoms with E-state index in [2.05, 4.69) is 25.5 Å². The average molecular weight is 209 g/mol. The zero-order valence-corrected chi connectivity index (χ0v) is 9.95. The molecule has 0 amide bonds. The first-order chi connectivity index (χ1) is 7.08. The molecule has 0 aromatic carbocycles. The number of nitrogens with zero attached hydrogens (tertiary/aromatic N) is 1. The quantitative estimate of drug-likeness (QED) is 0.669. The van der Waals surface area contributed by atoms with Crippen molar-refractivity contribution in [3.63, 3.8) is 0 Å². The molecule has 4 atom stereocenters. The van der Waals surface area contributed by atoms with Gasteiger partial charge in [-0.15, -0.1) is 6.58 Å². The van der Waals surface area contributed by atoms with Crippen LogP contribution < -0.4 is 0 Å². The molecule has 1 aliphatic heterocycles. The Balaban J connectivity index is 2.25. The van der Waals surface area contributed by atoms with Crippen LogP contribution in [0.1, 0.15) is 39.0 Å². The van der Waals surface area contributed by atoms with E-state index < -0.39 is 5.60 Å². The van der Waals surface area contributed by atoms with Crippen molar-refractivity contribution in [3.05, 3.63) is 12.7 Å². The molecule has 0 aromatic heterocycles. The van der Waals surface area contributed by atoms with Crippen molar-refractivity contribution in [1.29, 1.82) is 0 Å². The molecule has 15 heavy (non-hydrogen) atoms. The van der Waals surface area contributed by atoms with Gasteiger partial charge in [0.25, 0.3) is 0 Å². The molecular formula is C13H23NO. The molecule has 2 heteroatoms. The van der Waals surface area contributed by atoms with Crippen LogP contribution in [0.3, 0.4) is 0 Å². The lowest BCUT2D eigenvalue weighted by Crippen LogP contribution is -2.60. The van der Waals surface area contributed by atoms with Gasteiger partial charge in [0.1, 0.15) is 0 Å². The fourth-order valence-corrected chi connectivity index (χ4v) is 3.51. The molecule has 2 rings (SSSR count). The third-order valence-corrected chi connectivity index (χ3v) is 4.57. The van der Waals surface area contributed by atoms with Crippen molar-refractivity contribution in [3.8, 4) is 0 Å². The Labute approximate surface area is 93.0 Å². The number of rotatable bonds is 1. The fourth-order valence-electron chi connectivity index (χ4n) is 3.51. The van der Waals surface area contributed by atoms with E-state index in [0.29, 0.717) is 18.0 Å². The number of likely N-dealkylation sites (tertiary alicyclic amines) is 1. The highest BCUT2D eigenvalue weighted by molar-refractivity contribution is 5.10. The standard InChI is InChI=1S/C13H23NO/c1-4-13(15)9-10(2)14(3)12-8-6-5-7-11(12)13/h4,10-12,15H,1,5-9H2,2-3H3/t10-,11-,12-,13-/m1/s1. The molecule has 1 N–H and O–H groups in total. The van der Waals surface area contributed by atoms with Crippen LogP contribution in [-0.2, 0) is 0 Å². The van der Waals surface area contributed by atoms with Gasteiger partial charge in [0.2, 0.25) is 0 Å². The second kappa shape index (κ2) is 3.91. The number of fused-ring (bicyclic) bond motifs is 1. The number of hydrogen-bond donors (Lipinski definition) is 1. The first kappa shape index (κ1) is 11.2. The van der Waals surface area contributed by atoms with Crippen molar-refractivity contribution in [1.82, 2.24) is 4.90 Å². The number of piperidine rings is 1. The Bertz CT molecular complexity index is 253. The molecule has 2 nitrogen and oxygen atoms in total. The predicted molar refractivity (Wildman–Crippen MR) is 62.7 cm³/mol. The monoisotopic (exact) mass is 209 g/mol. The molecule has 0 radical (unpaired) electrons. The summed E-state index contributed by atoms with van der Waals surface area (Å²) in [6, 6.07) is 1.03. The molecule has 1 saturated carbocycles. The SMILES string of the molecule is C=C[C@@]1(O)C[C@@H](C)N(C)[C@@H]2CCCC[C@H]21. The molecule has 2 aliphatic rings. The summed E-state index contributed by atoms with van der Waals surface area (Å²) >= 11 is 0. The second-order valence-electron chi connectivity index (χ2n) is 5.37. The molecule has 86 valence electrons. The van der Waals surface area contributed by atoms with E-state index >= 15 is 0 Å². The van der Waals surface area contributed by atoms with E-state index in [9.17, 15) is 5.11 Å². The Kier molecular flexibility index (Phi) is 2.91. The lowest BCUT2D eigenvalue weighted by Gasteiger charge is -2.53. The van der Waals surface area contributed by atoms with Gasteiger partial charge in [0, 0.05) is 18.0 Å². The van der Waals surface area contributed by atoms with E-state index in [1.807, 2.05) is 0 Å². The molecule has 0 aromatic rings. The smallest absolute Gasteiger partial charge is 0.0882 e. The molecule has 0 bridgehead atoms. The molecule has 2 fully saturated rings. The zero-order valence-electron chi connectivity index (χ0n) is 9.95. The molecular weight excluding hydrogens is 186 g/mol. The Morgan fingerprint density at radius 3 is 2.73 bits per heavy atom. The zero-order chi connectivity index (χ0) is 11.1. The van der Waals surface area contributed by atoms with Gasteiger partial charge >= 0.3 is 0 Å². The van der Waals surface area contributed by atoms with Crippen molar-refractivity contribution < 1.29 is 5.11 Å². The third-order valence-electron chi connectivity index (χ3n) is 4.57. The largest absolute Gasteiger partial charge is 0.385 e. The van der Waals surface area contributed by atoms with Gasteiger partial charge in [-0.3, -0.25) is 0 Å². The van der Waals surface area contributed by atoms with Gasteiger partial charge in [-0.2, -0.15) is 0 Å². The first-order valence-electron chi connectivity index (χ1n) is 6.16. The van der Waals surface area contributed by atoms with Crippen LogP contribution in [0.4, 0.5) is 0 Å². The summed E-state index contributed by atoms with van der Waals surface area (Å²) in [5, 5.41) is 10.6. The van der Waals surface area contributed by atoms with E-state index in [0.717, 1.165) is 12.8 Å². The number of aliphatic hydroxyl groups is 1. The van der Waals surface area contributed by atoms with Gasteiger partial charge in [0.05, 0.1) is 5.60 Å². The van der Waals surface area contributed by atoms with Crippen LogP contribution in [0.2, 0.25) is 0 Å². The molecule has 1 aliphatic carbocycles. The minimum Gasteiger partial charge on any atom is -0.385 e. The van der Waals surface area contributed by atoms with Gasteiger partial charge in [-0.25, -0.2) is 0 Å². The minimum absolute atomic E-state index is 0.407. The summed E-state index contributed by atoms with van der Waals surface area (Å²) in [4.78, 5) is 2.46. The van der Waals surface area contributed by atoms with Gasteiger partial charge in [-0.1, -0.05) is 18.9 Å². The Hall–Kier alpha value is -0.340. The van der Waals surface area contributed by atoms with E-state index in [4.69, 9.17) is 0 Å². The normalized spacial score (nSPS) is 47.3. The summed E-state index contributed by atoms with van der Waals surface area (Å²) in [6.45, 7) is 6.05. The molecule has 0 spiro atoms. The highest BCUT2D eigenvalue weighted by Crippen LogP contribution is 2.43. The van der Waals surface area contributed by atoms with Crippen LogP contribution in [0, 0.1) is 5.92 Å². The van der Waals surface area contributed by atoms with Gasteiger partial charge in [-0.05, 0) is 33.2 Å². The first-order valence-corrected chi connectivity index (χ1v) is 6.16. The summed E-state index contributed by atoms with van der Waals surface area (Å²) in [7, 11) is 2.20. The van der Waals surface area contributed by atoms with Gasteiger partial charge < -0.3 is 10.0 Å². The summed E-state index contributed by atoms with van der Waals surface area (Å²) < 4.78 is 0. The van der Waals surface area contributed by atoms with Crippen LogP contribution in [0.5, 0.6) is 0 Å². The van der Waals surface area contributed by atoms with Crippen molar-refractivity contribution in [2.45, 2.75) is 56.7 Å². The molecule has 1 saturated heterocycles. The minimum atomic E-state index is -0.614. The maximum Gasteiger partial charge on any atom is 0.0882 e. The van der Waals surface area contributed by atoms with Crippen molar-refractivity contribution >= 4 is 0 Å². The highest BCUT2D eigenvalue weighted by atomic mass is 16.3. The average Bonchev–Trinajstić information content (AvgIpc) is 2.26. The van der Waals surface area contributed by atoms with Crippen LogP contribution in [0.15, 0.2) is 12.7 Å². The maximum atomic E-state index is 10.6.